The van der Waals surface area contributed by atoms with Crippen LogP contribution in [0.25, 0.3) is 0 Å². The quantitative estimate of drug-likeness (QED) is 0.812. The summed E-state index contributed by atoms with van der Waals surface area (Å²) in [6, 6.07) is 0.109. The van der Waals surface area contributed by atoms with E-state index in [-0.39, 0.29) is 30.0 Å². The second-order valence-electron chi connectivity index (χ2n) is 3.15. The molecule has 1 aromatic heterocycles. The van der Waals surface area contributed by atoms with E-state index in [0.717, 1.165) is 0 Å². The Hall–Kier alpha value is -1.28. The molecule has 0 saturated carbocycles. The zero-order valence-electron chi connectivity index (χ0n) is 9.42. The van der Waals surface area contributed by atoms with Gasteiger partial charge in [-0.25, -0.2) is 4.98 Å². The maximum atomic E-state index is 11.8. The van der Waals surface area contributed by atoms with E-state index in [1.54, 1.807) is 0 Å². The summed E-state index contributed by atoms with van der Waals surface area (Å²) < 4.78 is 44.5. The molecular weight excluding hydrogens is 275 g/mol. The molecule has 0 saturated heterocycles. The van der Waals surface area contributed by atoms with E-state index >= 15 is 0 Å². The molecule has 0 atom stereocenters. The molecule has 102 valence electrons. The summed E-state index contributed by atoms with van der Waals surface area (Å²) in [4.78, 5) is 7.63. The van der Waals surface area contributed by atoms with Gasteiger partial charge in [-0.1, -0.05) is 11.6 Å². The van der Waals surface area contributed by atoms with Gasteiger partial charge in [0.1, 0.15) is 11.6 Å². The van der Waals surface area contributed by atoms with Gasteiger partial charge in [0.15, 0.2) is 5.82 Å². The molecule has 1 heterocycles. The van der Waals surface area contributed by atoms with Gasteiger partial charge >= 0.3 is 12.2 Å². The van der Waals surface area contributed by atoms with E-state index in [0.29, 0.717) is 0 Å². The van der Waals surface area contributed by atoms with Crippen molar-refractivity contribution >= 4 is 17.4 Å². The van der Waals surface area contributed by atoms with Crippen molar-refractivity contribution in [2.24, 2.45) is 0 Å². The largest absolute Gasteiger partial charge is 0.467 e. The number of halogens is 4. The zero-order chi connectivity index (χ0) is 13.6. The normalized spacial score (nSPS) is 11.4. The number of nitrogens with zero attached hydrogens (tertiary/aromatic N) is 2. The first-order valence-corrected chi connectivity index (χ1v) is 5.25. The Labute approximate surface area is 106 Å². The van der Waals surface area contributed by atoms with Crippen molar-refractivity contribution in [3.63, 3.8) is 0 Å². The van der Waals surface area contributed by atoms with Gasteiger partial charge < -0.3 is 14.8 Å². The number of hydrogen-bond acceptors (Lipinski definition) is 5. The number of ether oxygens (including phenoxy) is 2. The summed E-state index contributed by atoms with van der Waals surface area (Å²) in [6.45, 7) is -1.27. The van der Waals surface area contributed by atoms with E-state index in [4.69, 9.17) is 16.3 Å². The van der Waals surface area contributed by atoms with Crippen molar-refractivity contribution in [2.45, 2.75) is 6.18 Å². The fourth-order valence-corrected chi connectivity index (χ4v) is 1.16. The third-order valence-electron chi connectivity index (χ3n) is 1.71. The van der Waals surface area contributed by atoms with Crippen molar-refractivity contribution in [2.75, 3.05) is 32.2 Å². The molecule has 1 N–H and O–H groups in total. The lowest BCUT2D eigenvalue weighted by molar-refractivity contribution is -0.172. The third kappa shape index (κ3) is 5.37. The van der Waals surface area contributed by atoms with Crippen molar-refractivity contribution in [1.82, 2.24) is 9.97 Å². The van der Waals surface area contributed by atoms with Crippen LogP contribution in [-0.2, 0) is 4.74 Å². The first-order valence-electron chi connectivity index (χ1n) is 4.87. The highest BCUT2D eigenvalue weighted by molar-refractivity contribution is 6.32. The number of methoxy groups -OCH3 is 1. The molecule has 0 aromatic carbocycles. The first kappa shape index (κ1) is 14.8. The van der Waals surface area contributed by atoms with Crippen LogP contribution >= 0.6 is 11.6 Å². The summed E-state index contributed by atoms with van der Waals surface area (Å²) in [5.41, 5.74) is 0. The molecule has 0 aliphatic heterocycles. The number of rotatable bonds is 6. The van der Waals surface area contributed by atoms with E-state index < -0.39 is 12.8 Å². The van der Waals surface area contributed by atoms with E-state index in [2.05, 4.69) is 20.0 Å². The van der Waals surface area contributed by atoms with Crippen molar-refractivity contribution in [3.05, 3.63) is 11.2 Å². The van der Waals surface area contributed by atoms with E-state index in [1.165, 1.54) is 13.3 Å². The molecular formula is C9H11ClF3N3O2. The minimum atomic E-state index is -4.32. The maximum Gasteiger partial charge on any atom is 0.411 e. The molecule has 0 unspecified atom stereocenters. The molecule has 0 amide bonds. The number of anilines is 1. The molecule has 1 rings (SSSR count). The fraction of sp³-hybridized carbons (Fsp3) is 0.556. The molecule has 0 radical (unpaired) electrons. The van der Waals surface area contributed by atoms with Crippen LogP contribution in [0.1, 0.15) is 0 Å². The molecule has 0 fully saturated rings. The van der Waals surface area contributed by atoms with Gasteiger partial charge in [0, 0.05) is 6.54 Å². The maximum absolute atomic E-state index is 11.8. The summed E-state index contributed by atoms with van der Waals surface area (Å²) >= 11 is 5.77. The number of nitrogens with one attached hydrogen (secondary N) is 1. The predicted octanol–water partition coefficient (Wildman–Crippen LogP) is 2.13. The van der Waals surface area contributed by atoms with Crippen LogP contribution in [0.15, 0.2) is 6.20 Å². The number of alkyl halides is 3. The highest BCUT2D eigenvalue weighted by atomic mass is 35.5. The predicted molar refractivity (Wildman–Crippen MR) is 59.0 cm³/mol. The molecule has 9 heteroatoms. The van der Waals surface area contributed by atoms with Crippen molar-refractivity contribution in [1.29, 1.82) is 0 Å². The Morgan fingerprint density at radius 2 is 2.17 bits per heavy atom. The van der Waals surface area contributed by atoms with Gasteiger partial charge in [0.05, 0.1) is 19.9 Å². The molecule has 5 nitrogen and oxygen atoms in total. The van der Waals surface area contributed by atoms with Gasteiger partial charge in [-0.15, -0.1) is 0 Å². The van der Waals surface area contributed by atoms with Crippen molar-refractivity contribution in [3.8, 4) is 6.01 Å². The van der Waals surface area contributed by atoms with E-state index in [1.807, 2.05) is 0 Å². The van der Waals surface area contributed by atoms with E-state index in [9.17, 15) is 13.2 Å². The lowest BCUT2D eigenvalue weighted by Crippen LogP contribution is -2.20. The Bertz CT molecular complexity index is 390. The lowest BCUT2D eigenvalue weighted by Gasteiger charge is -2.10. The minimum absolute atomic E-state index is 0.109. The second kappa shape index (κ2) is 6.60. The molecule has 0 bridgehead atoms. The molecule has 18 heavy (non-hydrogen) atoms. The van der Waals surface area contributed by atoms with Gasteiger partial charge in [-0.2, -0.15) is 18.2 Å². The first-order chi connectivity index (χ1) is 8.42. The van der Waals surface area contributed by atoms with Crippen LogP contribution in [0.3, 0.4) is 0 Å². The third-order valence-corrected chi connectivity index (χ3v) is 1.99. The lowest BCUT2D eigenvalue weighted by atomic mass is 10.5. The average Bonchev–Trinajstić information content (AvgIpc) is 2.29. The summed E-state index contributed by atoms with van der Waals surface area (Å²) in [5.74, 6) is 0.277. The molecule has 0 aliphatic carbocycles. The summed E-state index contributed by atoms with van der Waals surface area (Å²) in [6.07, 6.45) is -3.00. The Morgan fingerprint density at radius 1 is 1.44 bits per heavy atom. The van der Waals surface area contributed by atoms with Crippen LogP contribution in [0.2, 0.25) is 5.02 Å². The van der Waals surface area contributed by atoms with Gasteiger partial charge in [0.2, 0.25) is 0 Å². The summed E-state index contributed by atoms with van der Waals surface area (Å²) in [5, 5.41) is 2.96. The van der Waals surface area contributed by atoms with Crippen LogP contribution in [0.4, 0.5) is 19.0 Å². The Balaban J connectivity index is 2.35. The SMILES string of the molecule is COc1ncc(Cl)c(NCCOCC(F)(F)F)n1. The topological polar surface area (TPSA) is 56.3 Å². The van der Waals surface area contributed by atoms with Gasteiger partial charge in [0.25, 0.3) is 0 Å². The highest BCUT2D eigenvalue weighted by Crippen LogP contribution is 2.19. The van der Waals surface area contributed by atoms with Crippen LogP contribution < -0.4 is 10.1 Å². The number of hydrogen-bond donors (Lipinski definition) is 1. The second-order valence-corrected chi connectivity index (χ2v) is 3.55. The minimum Gasteiger partial charge on any atom is -0.467 e. The fourth-order valence-electron chi connectivity index (χ4n) is 1.00. The van der Waals surface area contributed by atoms with Crippen molar-refractivity contribution < 1.29 is 22.6 Å². The number of aromatic nitrogens is 2. The van der Waals surface area contributed by atoms with Crippen LogP contribution in [0.5, 0.6) is 6.01 Å². The Kier molecular flexibility index (Phi) is 5.42. The van der Waals surface area contributed by atoms with Crippen LogP contribution in [-0.4, -0.2) is 43.0 Å². The Morgan fingerprint density at radius 3 is 2.78 bits per heavy atom. The monoisotopic (exact) mass is 285 g/mol. The van der Waals surface area contributed by atoms with Gasteiger partial charge in [-0.05, 0) is 0 Å². The molecule has 0 aliphatic rings. The van der Waals surface area contributed by atoms with Gasteiger partial charge in [-0.3, -0.25) is 0 Å². The standard InChI is InChI=1S/C9H11ClF3N3O2/c1-17-8-15-4-6(10)7(16-8)14-2-3-18-5-9(11,12)13/h4H,2-3,5H2,1H3,(H,14,15,16). The molecule has 1 aromatic rings. The summed E-state index contributed by atoms with van der Waals surface area (Å²) in [7, 11) is 1.39. The smallest absolute Gasteiger partial charge is 0.411 e. The zero-order valence-corrected chi connectivity index (χ0v) is 10.2. The molecule has 0 spiro atoms. The average molecular weight is 286 g/mol. The van der Waals surface area contributed by atoms with Crippen LogP contribution in [0, 0.1) is 0 Å². The highest BCUT2D eigenvalue weighted by Gasteiger charge is 2.27.